The van der Waals surface area contributed by atoms with Crippen molar-refractivity contribution in [2.24, 2.45) is 11.5 Å². The molecule has 43 heavy (non-hydrogen) atoms. The molecule has 0 heterocycles. The molecule has 7 heteroatoms. The van der Waals surface area contributed by atoms with Crippen LogP contribution in [0.4, 0.5) is 0 Å². The Morgan fingerprint density at radius 1 is 0.372 bits per heavy atom. The Morgan fingerprint density at radius 3 is 0.674 bits per heavy atom. The summed E-state index contributed by atoms with van der Waals surface area (Å²) in [5, 5.41) is 0. The molecule has 0 fully saturated rings. The minimum absolute atomic E-state index is 0.474. The van der Waals surface area contributed by atoms with Gasteiger partial charge in [0.1, 0.15) is 0 Å². The first-order valence-corrected chi connectivity index (χ1v) is 20.2. The predicted molar refractivity (Wildman–Crippen MR) is 191 cm³/mol. The maximum Gasteiger partial charge on any atom is 0.394 e. The predicted octanol–water partition coefficient (Wildman–Crippen LogP) is 11.8. The van der Waals surface area contributed by atoms with Gasteiger partial charge in [0.25, 0.3) is 0 Å². The van der Waals surface area contributed by atoms with Crippen LogP contribution < -0.4 is 11.5 Å². The average molecular weight is 637 g/mol. The fourth-order valence-corrected chi connectivity index (χ4v) is 5.39. The summed E-state index contributed by atoms with van der Waals surface area (Å²) in [6.07, 6.45) is 41.3. The highest BCUT2D eigenvalue weighted by Gasteiger charge is 2.03. The lowest BCUT2D eigenvalue weighted by molar-refractivity contribution is 0.381. The third-order valence-corrected chi connectivity index (χ3v) is 8.21. The van der Waals surface area contributed by atoms with Crippen LogP contribution >= 0.6 is 0 Å². The summed E-state index contributed by atoms with van der Waals surface area (Å²) in [5.41, 5.74) is 12.4. The number of hydrogen-bond acceptors (Lipinski definition) is 4. The van der Waals surface area contributed by atoms with Gasteiger partial charge in [0.2, 0.25) is 0 Å². The van der Waals surface area contributed by atoms with E-state index in [0.717, 1.165) is 0 Å². The van der Waals surface area contributed by atoms with Gasteiger partial charge in [0, 0.05) is 12.1 Å². The molecule has 0 bridgehead atoms. The maximum absolute atomic E-state index is 8.74. The molecular weight excluding hydrogens is 556 g/mol. The molecule has 0 radical (unpaired) electrons. The van der Waals surface area contributed by atoms with Gasteiger partial charge < -0.3 is 11.5 Å². The summed E-state index contributed by atoms with van der Waals surface area (Å²) in [7, 11) is -4.67. The summed E-state index contributed by atoms with van der Waals surface area (Å²) in [6.45, 7) is 9.11. The van der Waals surface area contributed by atoms with E-state index in [1.807, 2.05) is 0 Å². The second kappa shape index (κ2) is 39.8. The van der Waals surface area contributed by atoms with Crippen molar-refractivity contribution in [3.63, 3.8) is 0 Å². The zero-order chi connectivity index (χ0) is 32.9. The SMILES string of the molecule is CCCCCCCCCC(N)CCCCCCCC.CCCCCCCCCC(N)CCCCCCCC.O=S(=O)(O)O. The first-order chi connectivity index (χ1) is 20.6. The summed E-state index contributed by atoms with van der Waals surface area (Å²) in [5.74, 6) is 0. The van der Waals surface area contributed by atoms with E-state index in [0.29, 0.717) is 12.1 Å². The Kier molecular flexibility index (Phi) is 43.7. The lowest BCUT2D eigenvalue weighted by Crippen LogP contribution is -2.19. The fourth-order valence-electron chi connectivity index (χ4n) is 5.39. The lowest BCUT2D eigenvalue weighted by Gasteiger charge is -2.11. The Labute approximate surface area is 271 Å². The minimum atomic E-state index is -4.67. The van der Waals surface area contributed by atoms with Crippen LogP contribution in [0.25, 0.3) is 0 Å². The molecule has 0 amide bonds. The van der Waals surface area contributed by atoms with Crippen molar-refractivity contribution in [1.29, 1.82) is 0 Å². The minimum Gasteiger partial charge on any atom is -0.328 e. The van der Waals surface area contributed by atoms with Crippen LogP contribution in [0.5, 0.6) is 0 Å². The molecule has 6 N–H and O–H groups in total. The number of hydrogen-bond donors (Lipinski definition) is 4. The molecule has 0 saturated carbocycles. The Morgan fingerprint density at radius 2 is 0.512 bits per heavy atom. The zero-order valence-corrected chi connectivity index (χ0v) is 30.5. The van der Waals surface area contributed by atoms with Gasteiger partial charge in [-0.15, -0.1) is 0 Å². The topological polar surface area (TPSA) is 127 Å². The molecule has 0 aromatic heterocycles. The van der Waals surface area contributed by atoms with Crippen molar-refractivity contribution in [1.82, 2.24) is 0 Å². The van der Waals surface area contributed by atoms with E-state index in [4.69, 9.17) is 29.0 Å². The zero-order valence-electron chi connectivity index (χ0n) is 29.6. The van der Waals surface area contributed by atoms with Crippen LogP contribution in [0.15, 0.2) is 0 Å². The van der Waals surface area contributed by atoms with E-state index in [1.165, 1.54) is 193 Å². The molecule has 2 unspecified atom stereocenters. The third-order valence-electron chi connectivity index (χ3n) is 8.21. The monoisotopic (exact) mass is 637 g/mol. The normalized spacial score (nSPS) is 12.7. The van der Waals surface area contributed by atoms with Gasteiger partial charge in [-0.05, 0) is 25.7 Å². The van der Waals surface area contributed by atoms with Gasteiger partial charge in [0.15, 0.2) is 0 Å². The Bertz CT molecular complexity index is 546. The van der Waals surface area contributed by atoms with E-state index < -0.39 is 10.4 Å². The summed E-state index contributed by atoms with van der Waals surface area (Å²) in [4.78, 5) is 0. The number of unbranched alkanes of at least 4 members (excludes halogenated alkanes) is 22. The molecule has 0 aliphatic heterocycles. The highest BCUT2D eigenvalue weighted by atomic mass is 32.3. The van der Waals surface area contributed by atoms with Crippen LogP contribution in [0.2, 0.25) is 0 Å². The lowest BCUT2D eigenvalue weighted by atomic mass is 10.0. The molecule has 0 rings (SSSR count). The molecule has 264 valence electrons. The standard InChI is InChI=1S/2C18H39N.H2O4S/c2*1-3-5-7-9-11-13-15-17-18(19)16-14-12-10-8-6-4-2;1-5(2,3)4/h2*18H,3-17,19H2,1-2H3;(H2,1,2,3,4). The van der Waals surface area contributed by atoms with Crippen molar-refractivity contribution in [2.75, 3.05) is 0 Å². The van der Waals surface area contributed by atoms with Crippen LogP contribution in [0, 0.1) is 0 Å². The van der Waals surface area contributed by atoms with E-state index in [1.54, 1.807) is 0 Å². The molecule has 2 atom stereocenters. The summed E-state index contributed by atoms with van der Waals surface area (Å²) in [6, 6.07) is 0.948. The largest absolute Gasteiger partial charge is 0.394 e. The van der Waals surface area contributed by atoms with Crippen LogP contribution in [-0.4, -0.2) is 29.6 Å². The molecule has 0 aliphatic rings. The molecular formula is C36H80N2O4S. The van der Waals surface area contributed by atoms with Gasteiger partial charge in [-0.3, -0.25) is 9.11 Å². The van der Waals surface area contributed by atoms with Crippen molar-refractivity contribution < 1.29 is 17.5 Å². The fraction of sp³-hybridized carbons (Fsp3) is 1.00. The van der Waals surface area contributed by atoms with Crippen LogP contribution in [0.1, 0.15) is 220 Å². The molecule has 6 nitrogen and oxygen atoms in total. The quantitative estimate of drug-likeness (QED) is 0.0459. The van der Waals surface area contributed by atoms with Gasteiger partial charge in [0.05, 0.1) is 0 Å². The highest BCUT2D eigenvalue weighted by molar-refractivity contribution is 7.79. The first kappa shape index (κ1) is 47.2. The molecule has 0 aromatic carbocycles. The number of rotatable bonds is 30. The second-order valence-corrected chi connectivity index (χ2v) is 13.8. The molecule has 0 aromatic rings. The number of nitrogens with two attached hydrogens (primary N) is 2. The van der Waals surface area contributed by atoms with E-state index in [-0.39, 0.29) is 0 Å². The first-order valence-electron chi connectivity index (χ1n) is 18.8. The van der Waals surface area contributed by atoms with Crippen molar-refractivity contribution >= 4 is 10.4 Å². The van der Waals surface area contributed by atoms with Gasteiger partial charge >= 0.3 is 10.4 Å². The Hall–Kier alpha value is -0.210. The van der Waals surface area contributed by atoms with E-state index in [2.05, 4.69) is 27.7 Å². The molecule has 0 saturated heterocycles. The Balaban J connectivity index is -0.000000642. The summed E-state index contributed by atoms with van der Waals surface area (Å²) < 4.78 is 31.6. The summed E-state index contributed by atoms with van der Waals surface area (Å²) >= 11 is 0. The van der Waals surface area contributed by atoms with Gasteiger partial charge in [-0.25, -0.2) is 0 Å². The highest BCUT2D eigenvalue weighted by Crippen LogP contribution is 2.14. The smallest absolute Gasteiger partial charge is 0.328 e. The second-order valence-electron chi connectivity index (χ2n) is 12.9. The van der Waals surface area contributed by atoms with Crippen LogP contribution in [-0.2, 0) is 10.4 Å². The van der Waals surface area contributed by atoms with Gasteiger partial charge in [-0.1, -0.05) is 195 Å². The van der Waals surface area contributed by atoms with Crippen molar-refractivity contribution in [3.8, 4) is 0 Å². The molecule has 0 spiro atoms. The average Bonchev–Trinajstić information content (AvgIpc) is 2.95. The third kappa shape index (κ3) is 57.9. The van der Waals surface area contributed by atoms with Crippen LogP contribution in [0.3, 0.4) is 0 Å². The van der Waals surface area contributed by atoms with Crippen molar-refractivity contribution in [2.45, 2.75) is 232 Å². The van der Waals surface area contributed by atoms with E-state index >= 15 is 0 Å². The van der Waals surface area contributed by atoms with Gasteiger partial charge in [-0.2, -0.15) is 8.42 Å². The molecule has 0 aliphatic carbocycles. The van der Waals surface area contributed by atoms with Crippen molar-refractivity contribution in [3.05, 3.63) is 0 Å². The van der Waals surface area contributed by atoms with E-state index in [9.17, 15) is 0 Å². The maximum atomic E-state index is 8.74.